The first-order valence-electron chi connectivity index (χ1n) is 7.92. The molecule has 1 amide bonds. The number of nitrogens with zero attached hydrogens (tertiary/aromatic N) is 1. The number of para-hydroxylation sites is 1. The number of amides is 1. The molecule has 1 N–H and O–H groups in total. The topological polar surface area (TPSA) is 50.8 Å². The van der Waals surface area contributed by atoms with E-state index in [0.717, 1.165) is 13.0 Å². The second-order valence-corrected chi connectivity index (χ2v) is 5.43. The van der Waals surface area contributed by atoms with Crippen molar-refractivity contribution >= 4 is 11.6 Å². The van der Waals surface area contributed by atoms with E-state index in [1.165, 1.54) is 5.69 Å². The van der Waals surface area contributed by atoms with Crippen LogP contribution in [0, 0.1) is 0 Å². The van der Waals surface area contributed by atoms with Crippen LogP contribution in [0.4, 0.5) is 5.69 Å². The molecule has 5 heteroatoms. The molecule has 0 unspecified atom stereocenters. The Labute approximate surface area is 143 Å². The first kappa shape index (κ1) is 17.7. The van der Waals surface area contributed by atoms with Crippen LogP contribution < -0.4 is 19.7 Å². The van der Waals surface area contributed by atoms with Crippen LogP contribution in [0.15, 0.2) is 48.5 Å². The molecule has 0 radical (unpaired) electrons. The average molecular weight is 328 g/mol. The number of nitrogens with one attached hydrogen (secondary N) is 1. The van der Waals surface area contributed by atoms with E-state index in [1.807, 2.05) is 25.2 Å². The van der Waals surface area contributed by atoms with Gasteiger partial charge in [-0.2, -0.15) is 0 Å². The lowest BCUT2D eigenvalue weighted by Crippen LogP contribution is -2.28. The minimum Gasteiger partial charge on any atom is -0.497 e. The fourth-order valence-corrected chi connectivity index (χ4v) is 2.41. The third-order valence-corrected chi connectivity index (χ3v) is 3.81. The Bertz CT molecular complexity index is 659. The molecule has 0 aliphatic carbocycles. The van der Waals surface area contributed by atoms with E-state index in [4.69, 9.17) is 9.47 Å². The minimum absolute atomic E-state index is 0.142. The van der Waals surface area contributed by atoms with E-state index in [0.29, 0.717) is 23.6 Å². The summed E-state index contributed by atoms with van der Waals surface area (Å²) in [6.07, 6.45) is 0.857. The molecule has 5 nitrogen and oxygen atoms in total. The zero-order chi connectivity index (χ0) is 17.4. The van der Waals surface area contributed by atoms with Crippen molar-refractivity contribution in [3.05, 3.63) is 54.1 Å². The Morgan fingerprint density at radius 1 is 1.08 bits per heavy atom. The van der Waals surface area contributed by atoms with Crippen LogP contribution in [0.3, 0.4) is 0 Å². The van der Waals surface area contributed by atoms with E-state index in [1.54, 1.807) is 32.4 Å². The van der Waals surface area contributed by atoms with Crippen molar-refractivity contribution in [3.63, 3.8) is 0 Å². The quantitative estimate of drug-likeness (QED) is 0.757. The lowest BCUT2D eigenvalue weighted by molar-refractivity contribution is 0.0950. The van der Waals surface area contributed by atoms with Crippen LogP contribution >= 0.6 is 0 Å². The van der Waals surface area contributed by atoms with Crippen LogP contribution in [-0.4, -0.2) is 40.3 Å². The maximum absolute atomic E-state index is 12.3. The molecule has 0 saturated heterocycles. The van der Waals surface area contributed by atoms with Gasteiger partial charge in [-0.15, -0.1) is 0 Å². The highest BCUT2D eigenvalue weighted by atomic mass is 16.5. The Morgan fingerprint density at radius 2 is 1.83 bits per heavy atom. The minimum atomic E-state index is -0.142. The zero-order valence-corrected chi connectivity index (χ0v) is 14.4. The largest absolute Gasteiger partial charge is 0.497 e. The van der Waals surface area contributed by atoms with Gasteiger partial charge in [-0.25, -0.2) is 0 Å². The summed E-state index contributed by atoms with van der Waals surface area (Å²) >= 11 is 0. The molecular weight excluding hydrogens is 304 g/mol. The summed E-state index contributed by atoms with van der Waals surface area (Å²) < 4.78 is 10.4. The summed E-state index contributed by atoms with van der Waals surface area (Å²) in [6.45, 7) is 1.47. The molecule has 0 spiro atoms. The predicted molar refractivity (Wildman–Crippen MR) is 96.2 cm³/mol. The summed E-state index contributed by atoms with van der Waals surface area (Å²) in [4.78, 5) is 14.5. The SMILES string of the molecule is COc1ccc(C(=O)NCCCN(C)c2ccccc2)c(OC)c1. The van der Waals surface area contributed by atoms with Crippen molar-refractivity contribution in [3.8, 4) is 11.5 Å². The predicted octanol–water partition coefficient (Wildman–Crippen LogP) is 2.96. The van der Waals surface area contributed by atoms with Crippen molar-refractivity contribution in [2.75, 3.05) is 39.3 Å². The van der Waals surface area contributed by atoms with Crippen LogP contribution in [0.5, 0.6) is 11.5 Å². The molecule has 0 aliphatic rings. The molecule has 128 valence electrons. The second-order valence-electron chi connectivity index (χ2n) is 5.43. The number of rotatable bonds is 8. The number of benzene rings is 2. The molecule has 24 heavy (non-hydrogen) atoms. The first-order valence-corrected chi connectivity index (χ1v) is 7.92. The van der Waals surface area contributed by atoms with Crippen molar-refractivity contribution < 1.29 is 14.3 Å². The van der Waals surface area contributed by atoms with Gasteiger partial charge in [0.2, 0.25) is 0 Å². The maximum Gasteiger partial charge on any atom is 0.255 e. The number of hydrogen-bond donors (Lipinski definition) is 1. The number of ether oxygens (including phenoxy) is 2. The normalized spacial score (nSPS) is 10.1. The van der Waals surface area contributed by atoms with Crippen molar-refractivity contribution in [1.29, 1.82) is 0 Å². The van der Waals surface area contributed by atoms with E-state index >= 15 is 0 Å². The smallest absolute Gasteiger partial charge is 0.255 e. The molecule has 0 atom stereocenters. The van der Waals surface area contributed by atoms with Gasteiger partial charge in [-0.3, -0.25) is 4.79 Å². The standard InChI is InChI=1S/C19H24N2O3/c1-21(15-8-5-4-6-9-15)13-7-12-20-19(22)17-11-10-16(23-2)14-18(17)24-3/h4-6,8-11,14H,7,12-13H2,1-3H3,(H,20,22). The molecule has 0 aliphatic heterocycles. The summed E-state index contributed by atoms with van der Waals surface area (Å²) in [7, 11) is 5.17. The first-order chi connectivity index (χ1) is 11.7. The fourth-order valence-electron chi connectivity index (χ4n) is 2.41. The maximum atomic E-state index is 12.3. The molecule has 2 aromatic carbocycles. The van der Waals surface area contributed by atoms with Gasteiger partial charge in [0.1, 0.15) is 11.5 Å². The second kappa shape index (κ2) is 8.82. The molecule has 0 aromatic heterocycles. The third-order valence-electron chi connectivity index (χ3n) is 3.81. The van der Waals surface area contributed by atoms with E-state index < -0.39 is 0 Å². The third kappa shape index (κ3) is 4.65. The lowest BCUT2D eigenvalue weighted by Gasteiger charge is -2.19. The zero-order valence-electron chi connectivity index (χ0n) is 14.4. The van der Waals surface area contributed by atoms with Gasteiger partial charge in [-0.05, 0) is 30.7 Å². The van der Waals surface area contributed by atoms with Crippen LogP contribution in [-0.2, 0) is 0 Å². The van der Waals surface area contributed by atoms with Gasteiger partial charge in [0.05, 0.1) is 19.8 Å². The summed E-state index contributed by atoms with van der Waals surface area (Å²) in [5.74, 6) is 1.03. The highest BCUT2D eigenvalue weighted by Gasteiger charge is 2.12. The van der Waals surface area contributed by atoms with Gasteiger partial charge in [0.25, 0.3) is 5.91 Å². The Hall–Kier alpha value is -2.69. The molecule has 0 fully saturated rings. The van der Waals surface area contributed by atoms with Gasteiger partial charge in [0, 0.05) is 31.9 Å². The van der Waals surface area contributed by atoms with E-state index in [-0.39, 0.29) is 5.91 Å². The molecule has 0 heterocycles. The Balaban J connectivity index is 1.83. The van der Waals surface area contributed by atoms with Gasteiger partial charge in [0.15, 0.2) is 0 Å². The Morgan fingerprint density at radius 3 is 2.50 bits per heavy atom. The number of anilines is 1. The van der Waals surface area contributed by atoms with Crippen LogP contribution in [0.2, 0.25) is 0 Å². The van der Waals surface area contributed by atoms with Crippen LogP contribution in [0.25, 0.3) is 0 Å². The molecule has 2 aromatic rings. The van der Waals surface area contributed by atoms with Crippen molar-refractivity contribution in [2.45, 2.75) is 6.42 Å². The monoisotopic (exact) mass is 328 g/mol. The number of methoxy groups -OCH3 is 2. The molecule has 0 saturated carbocycles. The lowest BCUT2D eigenvalue weighted by atomic mass is 10.1. The summed E-state index contributed by atoms with van der Waals surface area (Å²) in [5.41, 5.74) is 1.68. The highest BCUT2D eigenvalue weighted by Crippen LogP contribution is 2.24. The number of hydrogen-bond acceptors (Lipinski definition) is 4. The van der Waals surface area contributed by atoms with Crippen molar-refractivity contribution in [1.82, 2.24) is 5.32 Å². The molecule has 2 rings (SSSR count). The summed E-state index contributed by atoms with van der Waals surface area (Å²) in [6, 6.07) is 15.3. The van der Waals surface area contributed by atoms with Gasteiger partial charge < -0.3 is 19.7 Å². The van der Waals surface area contributed by atoms with E-state index in [2.05, 4.69) is 22.3 Å². The van der Waals surface area contributed by atoms with Crippen molar-refractivity contribution in [2.24, 2.45) is 0 Å². The van der Waals surface area contributed by atoms with Gasteiger partial charge in [-0.1, -0.05) is 18.2 Å². The molecular formula is C19H24N2O3. The number of carbonyl (C=O) groups is 1. The average Bonchev–Trinajstić information content (AvgIpc) is 2.64. The highest BCUT2D eigenvalue weighted by molar-refractivity contribution is 5.97. The number of carbonyl (C=O) groups excluding carboxylic acids is 1. The molecule has 0 bridgehead atoms. The van der Waals surface area contributed by atoms with Gasteiger partial charge >= 0.3 is 0 Å². The van der Waals surface area contributed by atoms with Crippen LogP contribution in [0.1, 0.15) is 16.8 Å². The van der Waals surface area contributed by atoms with E-state index in [9.17, 15) is 4.79 Å². The fraction of sp³-hybridized carbons (Fsp3) is 0.316. The summed E-state index contributed by atoms with van der Waals surface area (Å²) in [5, 5.41) is 2.93. The Kier molecular flexibility index (Phi) is 6.49.